The van der Waals surface area contributed by atoms with Crippen LogP contribution in [0.15, 0.2) is 77.7 Å². The van der Waals surface area contributed by atoms with E-state index in [2.05, 4.69) is 46.0 Å². The van der Waals surface area contributed by atoms with Crippen molar-refractivity contribution in [3.8, 4) is 11.4 Å². The Labute approximate surface area is 207 Å². The van der Waals surface area contributed by atoms with Gasteiger partial charge in [0.2, 0.25) is 0 Å². The van der Waals surface area contributed by atoms with Gasteiger partial charge in [-0.2, -0.15) is 10.2 Å². The van der Waals surface area contributed by atoms with Crippen molar-refractivity contribution in [1.82, 2.24) is 40.3 Å². The maximum Gasteiger partial charge on any atom is 0.413 e. The lowest BCUT2D eigenvalue weighted by molar-refractivity contribution is 0.145. The van der Waals surface area contributed by atoms with E-state index in [-0.39, 0.29) is 36.2 Å². The smallest absolute Gasteiger partial charge is 0.413 e. The molecule has 3 heterocycles. The van der Waals surface area contributed by atoms with Crippen LogP contribution in [0.1, 0.15) is 11.4 Å². The number of aromatic nitrogens is 8. The molecule has 186 valence electrons. The molecule has 0 unspecified atom stereocenters. The lowest BCUT2D eigenvalue weighted by atomic mass is 10.3. The number of nitrogens with one attached hydrogen (secondary N) is 2. The molecule has 0 radical (unpaired) electrons. The average molecular weight is 502 g/mol. The summed E-state index contributed by atoms with van der Waals surface area (Å²) in [5.41, 5.74) is 1.80. The summed E-state index contributed by atoms with van der Waals surface area (Å²) >= 11 is 0. The molecule has 37 heavy (non-hydrogen) atoms. The standard InChI is InChI=1S/C22H18N10O5/c33-21(25-19-11-23-31(27-19)15-7-3-1-4-8-15)35-13-17-18(30-37-29-17)14-36-22(34)26-20-12-24-32(28-20)16-9-5-2-6-10-16/h1-12H,13-14H2,(H,25,27,33)(H,26,28,34). The van der Waals surface area contributed by atoms with E-state index in [9.17, 15) is 9.59 Å². The van der Waals surface area contributed by atoms with E-state index < -0.39 is 12.2 Å². The number of benzene rings is 2. The minimum atomic E-state index is -0.797. The summed E-state index contributed by atoms with van der Waals surface area (Å²) in [5, 5.41) is 28.8. The van der Waals surface area contributed by atoms with Crippen LogP contribution >= 0.6 is 0 Å². The van der Waals surface area contributed by atoms with Gasteiger partial charge in [0.25, 0.3) is 0 Å². The van der Waals surface area contributed by atoms with E-state index in [0.29, 0.717) is 0 Å². The van der Waals surface area contributed by atoms with Crippen LogP contribution in [0.5, 0.6) is 0 Å². The number of nitrogens with zero attached hydrogens (tertiary/aromatic N) is 8. The highest BCUT2D eigenvalue weighted by Crippen LogP contribution is 2.11. The van der Waals surface area contributed by atoms with Gasteiger partial charge in [0.15, 0.2) is 11.6 Å². The predicted molar refractivity (Wildman–Crippen MR) is 125 cm³/mol. The van der Waals surface area contributed by atoms with Crippen molar-refractivity contribution in [3.05, 3.63) is 84.4 Å². The summed E-state index contributed by atoms with van der Waals surface area (Å²) in [4.78, 5) is 27.0. The second kappa shape index (κ2) is 10.8. The van der Waals surface area contributed by atoms with Crippen molar-refractivity contribution < 1.29 is 23.7 Å². The maximum absolute atomic E-state index is 12.1. The molecule has 0 saturated heterocycles. The summed E-state index contributed by atoms with van der Waals surface area (Å²) in [7, 11) is 0. The molecule has 5 rings (SSSR count). The molecule has 0 aliphatic heterocycles. The lowest BCUT2D eigenvalue weighted by Crippen LogP contribution is -2.16. The summed E-state index contributed by atoms with van der Waals surface area (Å²) in [6.45, 7) is -0.568. The first kappa shape index (κ1) is 23.2. The second-order valence-corrected chi connectivity index (χ2v) is 7.27. The topological polar surface area (TPSA) is 177 Å². The van der Waals surface area contributed by atoms with E-state index >= 15 is 0 Å². The molecule has 2 aromatic carbocycles. The van der Waals surface area contributed by atoms with Crippen molar-refractivity contribution >= 4 is 23.8 Å². The van der Waals surface area contributed by atoms with Crippen molar-refractivity contribution in [1.29, 1.82) is 0 Å². The van der Waals surface area contributed by atoms with Crippen LogP contribution in [0, 0.1) is 0 Å². The largest absolute Gasteiger partial charge is 0.443 e. The van der Waals surface area contributed by atoms with Crippen molar-refractivity contribution in [3.63, 3.8) is 0 Å². The monoisotopic (exact) mass is 502 g/mol. The van der Waals surface area contributed by atoms with Crippen LogP contribution in [0.3, 0.4) is 0 Å². The number of ether oxygens (including phenoxy) is 2. The molecule has 0 aliphatic carbocycles. The number of hydrogen-bond donors (Lipinski definition) is 2. The molecule has 2 amide bonds. The van der Waals surface area contributed by atoms with Crippen LogP contribution in [-0.4, -0.2) is 52.5 Å². The average Bonchev–Trinajstić information content (AvgIpc) is 3.69. The lowest BCUT2D eigenvalue weighted by Gasteiger charge is -2.05. The van der Waals surface area contributed by atoms with Crippen LogP contribution in [0.2, 0.25) is 0 Å². The van der Waals surface area contributed by atoms with Crippen LogP contribution < -0.4 is 10.6 Å². The Balaban J connectivity index is 1.09. The molecule has 0 saturated carbocycles. The highest BCUT2D eigenvalue weighted by Gasteiger charge is 2.16. The fourth-order valence-electron chi connectivity index (χ4n) is 3.00. The number of carbonyl (C=O) groups excluding carboxylic acids is 2. The Morgan fingerprint density at radius 3 is 1.57 bits per heavy atom. The Kier molecular flexibility index (Phi) is 6.74. The molecule has 0 aliphatic rings. The van der Waals surface area contributed by atoms with Gasteiger partial charge >= 0.3 is 12.2 Å². The number of para-hydroxylation sites is 2. The first-order chi connectivity index (χ1) is 18.1. The van der Waals surface area contributed by atoms with Gasteiger partial charge in [-0.15, -0.1) is 19.8 Å². The van der Waals surface area contributed by atoms with Crippen molar-refractivity contribution in [2.45, 2.75) is 13.2 Å². The highest BCUT2D eigenvalue weighted by molar-refractivity contribution is 5.83. The minimum Gasteiger partial charge on any atom is -0.443 e. The predicted octanol–water partition coefficient (Wildman–Crippen LogP) is 2.73. The van der Waals surface area contributed by atoms with Gasteiger partial charge in [-0.3, -0.25) is 10.6 Å². The van der Waals surface area contributed by atoms with E-state index in [1.54, 1.807) is 0 Å². The molecule has 0 fully saturated rings. The number of anilines is 2. The van der Waals surface area contributed by atoms with E-state index in [1.807, 2.05) is 60.7 Å². The SMILES string of the molecule is O=C(Nc1cnn(-c2ccccc2)n1)OCc1nonc1COC(=O)Nc1cnn(-c2ccccc2)n1. The summed E-state index contributed by atoms with van der Waals surface area (Å²) in [6, 6.07) is 18.4. The van der Waals surface area contributed by atoms with E-state index in [0.717, 1.165) is 11.4 Å². The fraction of sp³-hybridized carbons (Fsp3) is 0.0909. The van der Waals surface area contributed by atoms with Gasteiger partial charge in [-0.25, -0.2) is 14.2 Å². The first-order valence-electron chi connectivity index (χ1n) is 10.8. The number of amides is 2. The molecule has 0 bridgehead atoms. The van der Waals surface area contributed by atoms with E-state index in [1.165, 1.54) is 22.0 Å². The fourth-order valence-corrected chi connectivity index (χ4v) is 3.00. The van der Waals surface area contributed by atoms with Gasteiger partial charge < -0.3 is 9.47 Å². The Bertz CT molecular complexity index is 1370. The highest BCUT2D eigenvalue weighted by atomic mass is 16.6. The molecule has 0 atom stereocenters. The van der Waals surface area contributed by atoms with Crippen molar-refractivity contribution in [2.75, 3.05) is 10.6 Å². The third-order valence-electron chi connectivity index (χ3n) is 4.73. The van der Waals surface area contributed by atoms with Crippen LogP contribution in [-0.2, 0) is 22.7 Å². The summed E-state index contributed by atoms with van der Waals surface area (Å²) in [5.74, 6) is 0.383. The number of hydrogen-bond acceptors (Lipinski definition) is 11. The Hall–Kier alpha value is -5.60. The molecule has 5 aromatic rings. The van der Waals surface area contributed by atoms with Crippen LogP contribution in [0.25, 0.3) is 11.4 Å². The second-order valence-electron chi connectivity index (χ2n) is 7.27. The molecule has 2 N–H and O–H groups in total. The molecule has 15 nitrogen and oxygen atoms in total. The third-order valence-corrected chi connectivity index (χ3v) is 4.73. The molecular formula is C22H18N10O5. The van der Waals surface area contributed by atoms with Gasteiger partial charge in [0.05, 0.1) is 23.8 Å². The van der Waals surface area contributed by atoms with E-state index in [4.69, 9.17) is 9.47 Å². The first-order valence-corrected chi connectivity index (χ1v) is 10.8. The zero-order valence-corrected chi connectivity index (χ0v) is 19.0. The molecule has 0 spiro atoms. The summed E-state index contributed by atoms with van der Waals surface area (Å²) < 4.78 is 14.9. The number of rotatable bonds is 8. The zero-order chi connectivity index (χ0) is 25.5. The molecule has 3 aromatic heterocycles. The van der Waals surface area contributed by atoms with Gasteiger partial charge in [-0.1, -0.05) is 46.7 Å². The molecular weight excluding hydrogens is 484 g/mol. The number of carbonyl (C=O) groups is 2. The zero-order valence-electron chi connectivity index (χ0n) is 19.0. The third kappa shape index (κ3) is 5.91. The normalized spacial score (nSPS) is 10.6. The summed E-state index contributed by atoms with van der Waals surface area (Å²) in [6.07, 6.45) is 1.16. The van der Waals surface area contributed by atoms with Gasteiger partial charge in [-0.05, 0) is 24.3 Å². The minimum absolute atomic E-state index is 0.172. The Morgan fingerprint density at radius 1 is 0.703 bits per heavy atom. The molecule has 15 heteroatoms. The van der Waals surface area contributed by atoms with Gasteiger partial charge in [0, 0.05) is 0 Å². The maximum atomic E-state index is 12.1. The Morgan fingerprint density at radius 2 is 1.14 bits per heavy atom. The quantitative estimate of drug-likeness (QED) is 0.319. The van der Waals surface area contributed by atoms with Crippen molar-refractivity contribution in [2.24, 2.45) is 0 Å². The van der Waals surface area contributed by atoms with Crippen LogP contribution in [0.4, 0.5) is 21.2 Å². The van der Waals surface area contributed by atoms with Gasteiger partial charge in [0.1, 0.15) is 24.6 Å².